The highest BCUT2D eigenvalue weighted by atomic mass is 127. The molecule has 1 aromatic carbocycles. The number of nitrogens with one attached hydrogen (secondary N) is 1. The van der Waals surface area contributed by atoms with Gasteiger partial charge in [0.25, 0.3) is 5.91 Å². The highest BCUT2D eigenvalue weighted by Gasteiger charge is 2.18. The molecule has 1 aromatic rings. The van der Waals surface area contributed by atoms with Crippen LogP contribution in [-0.4, -0.2) is 51.2 Å². The van der Waals surface area contributed by atoms with Crippen LogP contribution in [0.3, 0.4) is 0 Å². The minimum absolute atomic E-state index is 0.0661. The second-order valence-corrected chi connectivity index (χ2v) is 7.17. The van der Waals surface area contributed by atoms with E-state index in [0.717, 1.165) is 10.1 Å². The maximum absolute atomic E-state index is 12.4. The van der Waals surface area contributed by atoms with Crippen molar-refractivity contribution in [2.75, 3.05) is 40.4 Å². The third kappa shape index (κ3) is 4.97. The third-order valence-electron chi connectivity index (χ3n) is 4.10. The quantitative estimate of drug-likeness (QED) is 0.674. The van der Waals surface area contributed by atoms with E-state index in [0.29, 0.717) is 29.5 Å². The van der Waals surface area contributed by atoms with Gasteiger partial charge < -0.3 is 19.7 Å². The molecule has 5 nitrogen and oxygen atoms in total. The van der Waals surface area contributed by atoms with Crippen molar-refractivity contribution in [3.8, 4) is 11.5 Å². The van der Waals surface area contributed by atoms with Gasteiger partial charge in [-0.2, -0.15) is 0 Å². The Hall–Kier alpha value is -1.02. The van der Waals surface area contributed by atoms with Crippen LogP contribution in [0.5, 0.6) is 11.5 Å². The van der Waals surface area contributed by atoms with E-state index in [1.165, 1.54) is 25.9 Å². The van der Waals surface area contributed by atoms with E-state index in [-0.39, 0.29) is 5.91 Å². The molecule has 0 bridgehead atoms. The average molecular weight is 432 g/mol. The van der Waals surface area contributed by atoms with Gasteiger partial charge in [0.15, 0.2) is 11.5 Å². The lowest BCUT2D eigenvalue weighted by Gasteiger charge is -2.20. The van der Waals surface area contributed by atoms with Crippen LogP contribution in [0.15, 0.2) is 12.1 Å². The van der Waals surface area contributed by atoms with Gasteiger partial charge in [0.2, 0.25) is 0 Å². The molecular formula is C17H25IN2O3. The molecule has 128 valence electrons. The third-order valence-corrected chi connectivity index (χ3v) is 4.99. The Balaban J connectivity index is 1.94. The van der Waals surface area contributed by atoms with Crippen LogP contribution in [0.25, 0.3) is 0 Å². The van der Waals surface area contributed by atoms with Crippen molar-refractivity contribution in [1.29, 1.82) is 0 Å². The Morgan fingerprint density at radius 1 is 1.26 bits per heavy atom. The zero-order valence-corrected chi connectivity index (χ0v) is 16.2. The molecular weight excluding hydrogens is 407 g/mol. The Morgan fingerprint density at radius 2 is 1.87 bits per heavy atom. The monoisotopic (exact) mass is 432 g/mol. The number of hydrogen-bond donors (Lipinski definition) is 1. The minimum atomic E-state index is -0.0661. The first-order valence-electron chi connectivity index (χ1n) is 7.97. The summed E-state index contributed by atoms with van der Waals surface area (Å²) in [4.78, 5) is 14.9. The molecule has 0 aromatic heterocycles. The summed E-state index contributed by atoms with van der Waals surface area (Å²) in [6.45, 7) is 6.28. The van der Waals surface area contributed by atoms with Gasteiger partial charge >= 0.3 is 0 Å². The van der Waals surface area contributed by atoms with Gasteiger partial charge in [-0.25, -0.2) is 0 Å². The molecule has 0 spiro atoms. The number of hydrogen-bond acceptors (Lipinski definition) is 4. The van der Waals surface area contributed by atoms with Gasteiger partial charge in [0, 0.05) is 16.7 Å². The summed E-state index contributed by atoms with van der Waals surface area (Å²) in [5.41, 5.74) is 0.622. The lowest BCUT2D eigenvalue weighted by Crippen LogP contribution is -2.34. The molecule has 0 aliphatic carbocycles. The fourth-order valence-corrected chi connectivity index (χ4v) is 3.54. The summed E-state index contributed by atoms with van der Waals surface area (Å²) in [6.07, 6.45) is 2.59. The fourth-order valence-electron chi connectivity index (χ4n) is 2.86. The molecule has 1 aliphatic rings. The number of halogens is 1. The maximum Gasteiger partial charge on any atom is 0.252 e. The smallest absolute Gasteiger partial charge is 0.252 e. The molecule has 1 N–H and O–H groups in total. The number of amides is 1. The van der Waals surface area contributed by atoms with E-state index in [9.17, 15) is 4.79 Å². The van der Waals surface area contributed by atoms with Crippen molar-refractivity contribution in [2.24, 2.45) is 5.92 Å². The van der Waals surface area contributed by atoms with Gasteiger partial charge in [0.1, 0.15) is 0 Å². The van der Waals surface area contributed by atoms with E-state index in [4.69, 9.17) is 9.47 Å². The lowest BCUT2D eigenvalue weighted by molar-refractivity contribution is 0.0943. The number of benzene rings is 1. The van der Waals surface area contributed by atoms with Crippen molar-refractivity contribution in [3.05, 3.63) is 21.3 Å². The first-order chi connectivity index (χ1) is 11.0. The molecule has 0 radical (unpaired) electrons. The SMILES string of the molecule is COc1cc(I)c(C(=O)NCC(C)CN2CCCC2)cc1OC. The van der Waals surface area contributed by atoms with Crippen molar-refractivity contribution in [3.63, 3.8) is 0 Å². The van der Waals surface area contributed by atoms with Gasteiger partial charge in [-0.05, 0) is 66.6 Å². The summed E-state index contributed by atoms with van der Waals surface area (Å²) >= 11 is 2.15. The minimum Gasteiger partial charge on any atom is -0.493 e. The summed E-state index contributed by atoms with van der Waals surface area (Å²) < 4.78 is 11.4. The summed E-state index contributed by atoms with van der Waals surface area (Å²) in [5.74, 6) is 1.58. The highest BCUT2D eigenvalue weighted by Crippen LogP contribution is 2.31. The van der Waals surface area contributed by atoms with Crippen LogP contribution in [0.2, 0.25) is 0 Å². The van der Waals surface area contributed by atoms with Crippen LogP contribution in [0.1, 0.15) is 30.1 Å². The van der Waals surface area contributed by atoms with Crippen LogP contribution in [-0.2, 0) is 0 Å². The van der Waals surface area contributed by atoms with Gasteiger partial charge in [0.05, 0.1) is 19.8 Å². The topological polar surface area (TPSA) is 50.8 Å². The largest absolute Gasteiger partial charge is 0.493 e. The molecule has 6 heteroatoms. The molecule has 1 atom stereocenters. The fraction of sp³-hybridized carbons (Fsp3) is 0.588. The zero-order chi connectivity index (χ0) is 16.8. The van der Waals surface area contributed by atoms with E-state index >= 15 is 0 Å². The Kier molecular flexibility index (Phi) is 6.95. The van der Waals surface area contributed by atoms with Crippen molar-refractivity contribution < 1.29 is 14.3 Å². The van der Waals surface area contributed by atoms with Crippen LogP contribution >= 0.6 is 22.6 Å². The van der Waals surface area contributed by atoms with Crippen molar-refractivity contribution in [2.45, 2.75) is 19.8 Å². The molecule has 1 unspecified atom stereocenters. The first-order valence-corrected chi connectivity index (χ1v) is 9.05. The second-order valence-electron chi connectivity index (χ2n) is 6.01. The van der Waals surface area contributed by atoms with Gasteiger partial charge in [-0.3, -0.25) is 4.79 Å². The summed E-state index contributed by atoms with van der Waals surface area (Å²) in [6, 6.07) is 3.56. The maximum atomic E-state index is 12.4. The standard InChI is InChI=1S/C17H25IN2O3/c1-12(11-20-6-4-5-7-20)10-19-17(21)13-8-15(22-2)16(23-3)9-14(13)18/h8-9,12H,4-7,10-11H2,1-3H3,(H,19,21). The predicted molar refractivity (Wildman–Crippen MR) is 99.4 cm³/mol. The van der Waals surface area contributed by atoms with Crippen molar-refractivity contribution >= 4 is 28.5 Å². The van der Waals surface area contributed by atoms with E-state index < -0.39 is 0 Å². The Bertz CT molecular complexity index is 545. The normalized spacial score (nSPS) is 16.2. The van der Waals surface area contributed by atoms with E-state index in [1.54, 1.807) is 20.3 Å². The molecule has 1 amide bonds. The molecule has 23 heavy (non-hydrogen) atoms. The number of methoxy groups -OCH3 is 2. The molecule has 1 saturated heterocycles. The highest BCUT2D eigenvalue weighted by molar-refractivity contribution is 14.1. The lowest BCUT2D eigenvalue weighted by atomic mass is 10.1. The molecule has 1 aliphatic heterocycles. The molecule has 0 saturated carbocycles. The summed E-state index contributed by atoms with van der Waals surface area (Å²) in [5, 5.41) is 3.04. The number of carbonyl (C=O) groups is 1. The van der Waals surface area contributed by atoms with Gasteiger partial charge in [-0.15, -0.1) is 0 Å². The van der Waals surface area contributed by atoms with Crippen LogP contribution in [0.4, 0.5) is 0 Å². The number of ether oxygens (including phenoxy) is 2. The zero-order valence-electron chi connectivity index (χ0n) is 14.0. The Labute approximate surface area is 151 Å². The number of carbonyl (C=O) groups excluding carboxylic acids is 1. The van der Waals surface area contributed by atoms with Gasteiger partial charge in [-0.1, -0.05) is 6.92 Å². The predicted octanol–water partition coefficient (Wildman–Crippen LogP) is 2.77. The number of likely N-dealkylation sites (tertiary alicyclic amines) is 1. The first kappa shape index (κ1) is 18.3. The number of rotatable bonds is 7. The van der Waals surface area contributed by atoms with Crippen LogP contribution < -0.4 is 14.8 Å². The molecule has 1 heterocycles. The average Bonchev–Trinajstić information content (AvgIpc) is 3.05. The molecule has 2 rings (SSSR count). The van der Waals surface area contributed by atoms with Crippen LogP contribution in [0, 0.1) is 9.49 Å². The number of nitrogens with zero attached hydrogens (tertiary/aromatic N) is 1. The van der Waals surface area contributed by atoms with E-state index in [2.05, 4.69) is 39.7 Å². The summed E-state index contributed by atoms with van der Waals surface area (Å²) in [7, 11) is 3.16. The van der Waals surface area contributed by atoms with Crippen molar-refractivity contribution in [1.82, 2.24) is 10.2 Å². The second kappa shape index (κ2) is 8.73. The van der Waals surface area contributed by atoms with E-state index in [1.807, 2.05) is 6.07 Å². The Morgan fingerprint density at radius 3 is 2.48 bits per heavy atom. The molecule has 1 fully saturated rings.